The zero-order valence-corrected chi connectivity index (χ0v) is 11.0. The van der Waals surface area contributed by atoms with E-state index in [1.807, 2.05) is 13.0 Å². The van der Waals surface area contributed by atoms with Gasteiger partial charge in [0.2, 0.25) is 0 Å². The van der Waals surface area contributed by atoms with Gasteiger partial charge >= 0.3 is 0 Å². The van der Waals surface area contributed by atoms with Gasteiger partial charge in [-0.05, 0) is 58.8 Å². The lowest BCUT2D eigenvalue weighted by molar-refractivity contribution is 0.269. The van der Waals surface area contributed by atoms with Gasteiger partial charge < -0.3 is 10.2 Å². The molecule has 1 atom stereocenters. The Kier molecular flexibility index (Phi) is 3.55. The molecule has 0 bridgehead atoms. The summed E-state index contributed by atoms with van der Waals surface area (Å²) in [5.74, 6) is 0.312. The van der Waals surface area contributed by atoms with Crippen LogP contribution < -0.4 is 0 Å². The number of aromatic hydroxyl groups is 1. The monoisotopic (exact) mass is 284 g/mol. The van der Waals surface area contributed by atoms with Crippen LogP contribution in [-0.4, -0.2) is 16.8 Å². The zero-order chi connectivity index (χ0) is 11.7. The third kappa shape index (κ3) is 1.98. The molecule has 0 radical (unpaired) electrons. The van der Waals surface area contributed by atoms with Crippen LogP contribution in [0.25, 0.3) is 0 Å². The van der Waals surface area contributed by atoms with Crippen molar-refractivity contribution < 1.29 is 10.2 Å². The normalized spacial score (nSPS) is 16.9. The summed E-state index contributed by atoms with van der Waals surface area (Å²) in [4.78, 5) is 0. The summed E-state index contributed by atoms with van der Waals surface area (Å²) in [7, 11) is 0. The Morgan fingerprint density at radius 1 is 1.38 bits per heavy atom. The minimum atomic E-state index is 0.00403. The summed E-state index contributed by atoms with van der Waals surface area (Å²) in [5.41, 5.74) is 3.52. The average molecular weight is 285 g/mol. The summed E-state index contributed by atoms with van der Waals surface area (Å²) < 4.78 is 0.753. The van der Waals surface area contributed by atoms with E-state index >= 15 is 0 Å². The summed E-state index contributed by atoms with van der Waals surface area (Å²) in [6.45, 7) is 2.03. The first-order valence-electron chi connectivity index (χ1n) is 5.79. The molecule has 0 heterocycles. The van der Waals surface area contributed by atoms with Crippen LogP contribution in [-0.2, 0) is 12.8 Å². The molecule has 0 fully saturated rings. The summed E-state index contributed by atoms with van der Waals surface area (Å²) in [6.07, 6.45) is 4.51. The smallest absolute Gasteiger partial charge is 0.133 e. The Morgan fingerprint density at radius 2 is 2.06 bits per heavy atom. The van der Waals surface area contributed by atoms with Gasteiger partial charge in [0.1, 0.15) is 5.75 Å². The molecule has 0 aromatic heterocycles. The third-order valence-electron chi connectivity index (χ3n) is 3.38. The molecular weight excluding hydrogens is 268 g/mol. The Hall–Kier alpha value is -0.540. The van der Waals surface area contributed by atoms with Gasteiger partial charge in [-0.1, -0.05) is 6.92 Å². The van der Waals surface area contributed by atoms with Crippen LogP contribution in [0.1, 0.15) is 42.4 Å². The second kappa shape index (κ2) is 4.76. The molecule has 2 rings (SSSR count). The van der Waals surface area contributed by atoms with E-state index in [9.17, 15) is 10.2 Å². The van der Waals surface area contributed by atoms with E-state index in [2.05, 4.69) is 15.9 Å². The number of hydrogen-bond acceptors (Lipinski definition) is 2. The molecular formula is C13H17BrO2. The predicted molar refractivity (Wildman–Crippen MR) is 67.9 cm³/mol. The first kappa shape index (κ1) is 11.9. The van der Waals surface area contributed by atoms with Crippen molar-refractivity contribution >= 4 is 15.9 Å². The molecule has 2 nitrogen and oxygen atoms in total. The minimum Gasteiger partial charge on any atom is -0.506 e. The maximum Gasteiger partial charge on any atom is 0.133 e. The van der Waals surface area contributed by atoms with E-state index in [1.54, 1.807) is 0 Å². The van der Waals surface area contributed by atoms with Crippen molar-refractivity contribution in [2.24, 2.45) is 0 Å². The highest BCUT2D eigenvalue weighted by atomic mass is 79.9. The number of benzene rings is 1. The first-order valence-corrected chi connectivity index (χ1v) is 6.58. The van der Waals surface area contributed by atoms with E-state index in [0.717, 1.165) is 22.9 Å². The molecule has 16 heavy (non-hydrogen) atoms. The van der Waals surface area contributed by atoms with Crippen LogP contribution in [0, 0.1) is 0 Å². The molecule has 3 heteroatoms. The van der Waals surface area contributed by atoms with E-state index in [1.165, 1.54) is 24.0 Å². The van der Waals surface area contributed by atoms with Crippen LogP contribution in [0.4, 0.5) is 0 Å². The van der Waals surface area contributed by atoms with Crippen LogP contribution in [0.2, 0.25) is 0 Å². The SMILES string of the molecule is CC(CO)c1c(O)c(Br)cc2c1CCCC2. The fourth-order valence-corrected chi connectivity index (χ4v) is 3.00. The highest BCUT2D eigenvalue weighted by Gasteiger charge is 2.22. The number of fused-ring (bicyclic) bond motifs is 1. The van der Waals surface area contributed by atoms with Gasteiger partial charge in [0.25, 0.3) is 0 Å². The molecule has 2 N–H and O–H groups in total. The van der Waals surface area contributed by atoms with Crippen LogP contribution in [0.3, 0.4) is 0 Å². The highest BCUT2D eigenvalue weighted by Crippen LogP contribution is 2.40. The molecule has 1 aliphatic rings. The van der Waals surface area contributed by atoms with Crippen molar-refractivity contribution in [3.63, 3.8) is 0 Å². The molecule has 88 valence electrons. The summed E-state index contributed by atoms with van der Waals surface area (Å²) in [5, 5.41) is 19.4. The van der Waals surface area contributed by atoms with Crippen molar-refractivity contribution in [2.45, 2.75) is 38.5 Å². The fraction of sp³-hybridized carbons (Fsp3) is 0.538. The lowest BCUT2D eigenvalue weighted by Gasteiger charge is -2.24. The molecule has 1 aliphatic carbocycles. The molecule has 0 aliphatic heterocycles. The van der Waals surface area contributed by atoms with E-state index in [4.69, 9.17) is 0 Å². The number of phenolic OH excluding ortho intramolecular Hbond substituents is 1. The van der Waals surface area contributed by atoms with Crippen molar-refractivity contribution in [1.29, 1.82) is 0 Å². The van der Waals surface area contributed by atoms with Gasteiger partial charge in [-0.15, -0.1) is 0 Å². The maximum atomic E-state index is 10.1. The largest absolute Gasteiger partial charge is 0.506 e. The van der Waals surface area contributed by atoms with Gasteiger partial charge in [0, 0.05) is 18.1 Å². The summed E-state index contributed by atoms with van der Waals surface area (Å²) >= 11 is 3.39. The number of aryl methyl sites for hydroxylation is 1. The second-order valence-electron chi connectivity index (χ2n) is 4.55. The first-order chi connectivity index (χ1) is 7.65. The van der Waals surface area contributed by atoms with Gasteiger partial charge in [-0.3, -0.25) is 0 Å². The van der Waals surface area contributed by atoms with Crippen molar-refractivity contribution in [3.8, 4) is 5.75 Å². The second-order valence-corrected chi connectivity index (χ2v) is 5.40. The van der Waals surface area contributed by atoms with E-state index in [0.29, 0.717) is 5.75 Å². The van der Waals surface area contributed by atoms with Crippen molar-refractivity contribution in [1.82, 2.24) is 0 Å². The lowest BCUT2D eigenvalue weighted by Crippen LogP contribution is -2.11. The van der Waals surface area contributed by atoms with E-state index < -0.39 is 0 Å². The topological polar surface area (TPSA) is 40.5 Å². The summed E-state index contributed by atoms with van der Waals surface area (Å²) in [6, 6.07) is 2.03. The molecule has 0 amide bonds. The number of aliphatic hydroxyl groups is 1. The number of halogens is 1. The average Bonchev–Trinajstić information content (AvgIpc) is 2.30. The lowest BCUT2D eigenvalue weighted by atomic mass is 9.84. The van der Waals surface area contributed by atoms with Gasteiger partial charge in [-0.2, -0.15) is 0 Å². The molecule has 1 aromatic rings. The Bertz CT molecular complexity index is 401. The molecule has 0 saturated heterocycles. The molecule has 0 saturated carbocycles. The van der Waals surface area contributed by atoms with Gasteiger partial charge in [0.15, 0.2) is 0 Å². The molecule has 1 aromatic carbocycles. The molecule has 1 unspecified atom stereocenters. The number of phenols is 1. The quantitative estimate of drug-likeness (QED) is 0.876. The Labute approximate surface area is 104 Å². The fourth-order valence-electron chi connectivity index (χ4n) is 2.51. The Balaban J connectivity index is 2.59. The number of aliphatic hydroxyl groups excluding tert-OH is 1. The maximum absolute atomic E-state index is 10.1. The number of rotatable bonds is 2. The number of hydrogen-bond donors (Lipinski definition) is 2. The minimum absolute atomic E-state index is 0.00403. The van der Waals surface area contributed by atoms with Gasteiger partial charge in [-0.25, -0.2) is 0 Å². The standard InChI is InChI=1S/C13H17BrO2/c1-8(7-15)12-10-5-3-2-4-9(10)6-11(14)13(12)16/h6,8,15-16H,2-5,7H2,1H3. The Morgan fingerprint density at radius 3 is 2.75 bits per heavy atom. The van der Waals surface area contributed by atoms with Gasteiger partial charge in [0.05, 0.1) is 4.47 Å². The van der Waals surface area contributed by atoms with Crippen LogP contribution in [0.15, 0.2) is 10.5 Å². The van der Waals surface area contributed by atoms with Crippen molar-refractivity contribution in [2.75, 3.05) is 6.61 Å². The zero-order valence-electron chi connectivity index (χ0n) is 9.46. The van der Waals surface area contributed by atoms with Crippen LogP contribution >= 0.6 is 15.9 Å². The molecule has 0 spiro atoms. The van der Waals surface area contributed by atoms with Crippen molar-refractivity contribution in [3.05, 3.63) is 27.2 Å². The van der Waals surface area contributed by atoms with Crippen LogP contribution in [0.5, 0.6) is 5.75 Å². The van der Waals surface area contributed by atoms with E-state index in [-0.39, 0.29) is 12.5 Å². The predicted octanol–water partition coefficient (Wildman–Crippen LogP) is 3.13. The third-order valence-corrected chi connectivity index (χ3v) is 3.99. The highest BCUT2D eigenvalue weighted by molar-refractivity contribution is 9.10.